The highest BCUT2D eigenvalue weighted by Gasteiger charge is 2.15. The number of amides is 1. The number of hydrogen-bond acceptors (Lipinski definition) is 5. The summed E-state index contributed by atoms with van der Waals surface area (Å²) in [4.78, 5) is 25.2. The van der Waals surface area contributed by atoms with Gasteiger partial charge < -0.3 is 9.84 Å². The Balaban J connectivity index is 2.64. The minimum atomic E-state index is -1.20. The molecule has 0 saturated heterocycles. The normalized spacial score (nSPS) is 9.33. The van der Waals surface area contributed by atoms with Gasteiger partial charge in [-0.15, -0.1) is 11.3 Å². The smallest absolute Gasteiger partial charge is 0.412 e. The van der Waals surface area contributed by atoms with E-state index >= 15 is 0 Å². The number of carbonyl (C=O) groups is 2. The molecule has 0 aliphatic carbocycles. The summed E-state index contributed by atoms with van der Waals surface area (Å²) in [7, 11) is 0. The van der Waals surface area contributed by atoms with Gasteiger partial charge in [0.25, 0.3) is 0 Å². The highest BCUT2D eigenvalue weighted by molar-refractivity contribution is 7.14. The number of carbonyl (C=O) groups excluding carboxylic acids is 1. The van der Waals surface area contributed by atoms with E-state index in [4.69, 9.17) is 5.11 Å². The van der Waals surface area contributed by atoms with Crippen molar-refractivity contribution >= 4 is 28.4 Å². The molecule has 6 nitrogen and oxygen atoms in total. The number of carboxylic acids is 1. The molecule has 0 aliphatic heterocycles. The second-order valence-electron chi connectivity index (χ2n) is 2.35. The SMILES string of the molecule is C=CCOC(=O)Nc1scnc1C(=O)O. The molecule has 0 aliphatic rings. The van der Waals surface area contributed by atoms with Crippen LogP contribution in [0.25, 0.3) is 0 Å². The van der Waals surface area contributed by atoms with Crippen molar-refractivity contribution in [2.75, 3.05) is 11.9 Å². The maximum absolute atomic E-state index is 11.0. The fraction of sp³-hybridized carbons (Fsp3) is 0.125. The van der Waals surface area contributed by atoms with Crippen molar-refractivity contribution < 1.29 is 19.4 Å². The van der Waals surface area contributed by atoms with Crippen LogP contribution < -0.4 is 5.32 Å². The molecule has 0 radical (unpaired) electrons. The number of nitrogens with one attached hydrogen (secondary N) is 1. The Kier molecular flexibility index (Phi) is 3.81. The quantitative estimate of drug-likeness (QED) is 0.763. The monoisotopic (exact) mass is 228 g/mol. The third-order valence-electron chi connectivity index (χ3n) is 1.32. The zero-order valence-electron chi connectivity index (χ0n) is 7.60. The zero-order valence-corrected chi connectivity index (χ0v) is 8.41. The first-order valence-corrected chi connectivity index (χ1v) is 4.74. The summed E-state index contributed by atoms with van der Waals surface area (Å²) in [5, 5.41) is 11.1. The standard InChI is InChI=1S/C8H8N2O4S/c1-2-3-14-8(13)10-6-5(7(11)12)9-4-15-6/h2,4H,1,3H2,(H,10,13)(H,11,12). The molecular weight excluding hydrogens is 220 g/mol. The lowest BCUT2D eigenvalue weighted by molar-refractivity contribution is 0.0692. The van der Waals surface area contributed by atoms with Crippen LogP contribution in [0.1, 0.15) is 10.5 Å². The van der Waals surface area contributed by atoms with Gasteiger partial charge in [-0.05, 0) is 0 Å². The maximum atomic E-state index is 11.0. The second kappa shape index (κ2) is 5.11. The van der Waals surface area contributed by atoms with E-state index in [1.165, 1.54) is 11.6 Å². The van der Waals surface area contributed by atoms with E-state index in [9.17, 15) is 9.59 Å². The Morgan fingerprint density at radius 1 is 1.73 bits per heavy atom. The molecule has 15 heavy (non-hydrogen) atoms. The number of carboxylic acid groups (broad SMARTS) is 1. The summed E-state index contributed by atoms with van der Waals surface area (Å²) in [5.41, 5.74) is 1.13. The highest BCUT2D eigenvalue weighted by atomic mass is 32.1. The number of aromatic nitrogens is 1. The summed E-state index contributed by atoms with van der Waals surface area (Å²) in [6.07, 6.45) is 0.673. The molecule has 0 bridgehead atoms. The molecule has 0 spiro atoms. The summed E-state index contributed by atoms with van der Waals surface area (Å²) in [6, 6.07) is 0. The highest BCUT2D eigenvalue weighted by Crippen LogP contribution is 2.19. The predicted octanol–water partition coefficient (Wildman–Crippen LogP) is 1.58. The van der Waals surface area contributed by atoms with Gasteiger partial charge in [0.05, 0.1) is 5.51 Å². The molecule has 1 amide bonds. The van der Waals surface area contributed by atoms with Crippen molar-refractivity contribution in [3.05, 3.63) is 23.9 Å². The molecule has 80 valence electrons. The molecule has 7 heteroatoms. The van der Waals surface area contributed by atoms with E-state index in [0.29, 0.717) is 0 Å². The molecule has 1 heterocycles. The van der Waals surface area contributed by atoms with Gasteiger partial charge in [0.15, 0.2) is 5.69 Å². The molecule has 0 atom stereocenters. The molecular formula is C8H8N2O4S. The summed E-state index contributed by atoms with van der Waals surface area (Å²) >= 11 is 1.01. The van der Waals surface area contributed by atoms with Gasteiger partial charge in [0, 0.05) is 0 Å². The molecule has 0 saturated carbocycles. The first-order chi connectivity index (χ1) is 7.15. The molecule has 1 aromatic rings. The molecule has 2 N–H and O–H groups in total. The third kappa shape index (κ3) is 3.06. The lowest BCUT2D eigenvalue weighted by Gasteiger charge is -2.02. The van der Waals surface area contributed by atoms with E-state index in [1.807, 2.05) is 0 Å². The second-order valence-corrected chi connectivity index (χ2v) is 3.20. The van der Waals surface area contributed by atoms with Crippen molar-refractivity contribution in [3.8, 4) is 0 Å². The number of aromatic carboxylic acids is 1. The third-order valence-corrected chi connectivity index (χ3v) is 2.06. The van der Waals surface area contributed by atoms with Crippen LogP contribution in [-0.2, 0) is 4.74 Å². The van der Waals surface area contributed by atoms with Crippen molar-refractivity contribution in [1.82, 2.24) is 4.98 Å². The van der Waals surface area contributed by atoms with Gasteiger partial charge in [-0.3, -0.25) is 5.32 Å². The van der Waals surface area contributed by atoms with Gasteiger partial charge in [-0.1, -0.05) is 12.7 Å². The molecule has 0 aromatic carbocycles. The van der Waals surface area contributed by atoms with Crippen molar-refractivity contribution in [1.29, 1.82) is 0 Å². The van der Waals surface area contributed by atoms with Gasteiger partial charge >= 0.3 is 12.1 Å². The van der Waals surface area contributed by atoms with Crippen LogP contribution in [0.2, 0.25) is 0 Å². The van der Waals surface area contributed by atoms with Gasteiger partial charge in [-0.25, -0.2) is 14.6 Å². The summed E-state index contributed by atoms with van der Waals surface area (Å²) in [5.74, 6) is -1.20. The zero-order chi connectivity index (χ0) is 11.3. The maximum Gasteiger partial charge on any atom is 0.412 e. The van der Waals surface area contributed by atoms with Crippen LogP contribution in [-0.4, -0.2) is 28.8 Å². The van der Waals surface area contributed by atoms with Crippen LogP contribution in [0.5, 0.6) is 0 Å². The topological polar surface area (TPSA) is 88.5 Å². The van der Waals surface area contributed by atoms with Gasteiger partial charge in [-0.2, -0.15) is 0 Å². The minimum Gasteiger partial charge on any atom is -0.476 e. The van der Waals surface area contributed by atoms with Crippen LogP contribution in [0.3, 0.4) is 0 Å². The number of ether oxygens (including phenoxy) is 1. The Labute approximate surface area is 89.2 Å². The van der Waals surface area contributed by atoms with E-state index in [0.717, 1.165) is 11.3 Å². The summed E-state index contributed by atoms with van der Waals surface area (Å²) in [6.45, 7) is 3.43. The molecule has 0 fully saturated rings. The van der Waals surface area contributed by atoms with Crippen molar-refractivity contribution in [2.24, 2.45) is 0 Å². The van der Waals surface area contributed by atoms with Crippen molar-refractivity contribution in [3.63, 3.8) is 0 Å². The van der Waals surface area contributed by atoms with Crippen LogP contribution >= 0.6 is 11.3 Å². The number of nitrogens with zero attached hydrogens (tertiary/aromatic N) is 1. The Morgan fingerprint density at radius 3 is 3.07 bits per heavy atom. The average molecular weight is 228 g/mol. The lowest BCUT2D eigenvalue weighted by Crippen LogP contribution is -2.14. The van der Waals surface area contributed by atoms with Crippen molar-refractivity contribution in [2.45, 2.75) is 0 Å². The molecule has 1 rings (SSSR count). The number of rotatable bonds is 4. The van der Waals surface area contributed by atoms with Crippen LogP contribution in [0.4, 0.5) is 9.80 Å². The number of hydrogen-bond donors (Lipinski definition) is 2. The van der Waals surface area contributed by atoms with E-state index in [2.05, 4.69) is 21.6 Å². The minimum absolute atomic E-state index is 0.0625. The Morgan fingerprint density at radius 2 is 2.47 bits per heavy atom. The largest absolute Gasteiger partial charge is 0.476 e. The fourth-order valence-electron chi connectivity index (χ4n) is 0.751. The summed E-state index contributed by atoms with van der Waals surface area (Å²) < 4.78 is 4.62. The fourth-order valence-corrected chi connectivity index (χ4v) is 1.41. The Bertz CT molecular complexity index is 388. The van der Waals surface area contributed by atoms with Gasteiger partial charge in [0.1, 0.15) is 11.6 Å². The first-order valence-electron chi connectivity index (χ1n) is 3.86. The van der Waals surface area contributed by atoms with E-state index in [-0.39, 0.29) is 17.3 Å². The van der Waals surface area contributed by atoms with Gasteiger partial charge in [0.2, 0.25) is 0 Å². The number of thiazole rings is 1. The van der Waals surface area contributed by atoms with Crippen LogP contribution in [0.15, 0.2) is 18.2 Å². The van der Waals surface area contributed by atoms with E-state index in [1.54, 1.807) is 0 Å². The number of anilines is 1. The van der Waals surface area contributed by atoms with Crippen LogP contribution in [0, 0.1) is 0 Å². The Hall–Kier alpha value is -1.89. The van der Waals surface area contributed by atoms with E-state index < -0.39 is 12.1 Å². The first kappa shape index (κ1) is 11.2. The molecule has 1 aromatic heterocycles. The molecule has 0 unspecified atom stereocenters. The average Bonchev–Trinajstić information content (AvgIpc) is 2.62. The lowest BCUT2D eigenvalue weighted by atomic mass is 10.5. The predicted molar refractivity (Wildman–Crippen MR) is 54.2 cm³/mol.